The Morgan fingerprint density at radius 1 is 1.25 bits per heavy atom. The Bertz CT molecular complexity index is 555. The van der Waals surface area contributed by atoms with E-state index in [1.807, 2.05) is 26.8 Å². The maximum absolute atomic E-state index is 12.3. The number of fused-ring (bicyclic) bond motifs is 1. The van der Waals surface area contributed by atoms with Crippen LogP contribution in [0.4, 0.5) is 4.79 Å². The van der Waals surface area contributed by atoms with Crippen molar-refractivity contribution in [3.8, 4) is 0 Å². The van der Waals surface area contributed by atoms with Crippen LogP contribution in [0.3, 0.4) is 0 Å². The molecule has 0 saturated carbocycles. The lowest BCUT2D eigenvalue weighted by atomic mass is 9.98. The molecular formula is C19H28N2O3. The largest absolute Gasteiger partial charge is 0.444 e. The number of benzene rings is 1. The SMILES string of the molecule is CC(C)(C)OC(=O)N1CCC2C(C1)OCCN2Cc1ccccc1. The zero-order valence-corrected chi connectivity index (χ0v) is 14.9. The van der Waals surface area contributed by atoms with Gasteiger partial charge in [-0.2, -0.15) is 0 Å². The van der Waals surface area contributed by atoms with Crippen molar-refractivity contribution in [2.24, 2.45) is 0 Å². The lowest BCUT2D eigenvalue weighted by molar-refractivity contribution is -0.107. The van der Waals surface area contributed by atoms with E-state index in [9.17, 15) is 4.79 Å². The summed E-state index contributed by atoms with van der Waals surface area (Å²) in [7, 11) is 0. The second-order valence-electron chi connectivity index (χ2n) is 7.65. The maximum atomic E-state index is 12.3. The molecule has 2 aliphatic rings. The van der Waals surface area contributed by atoms with Gasteiger partial charge in [0.1, 0.15) is 5.60 Å². The van der Waals surface area contributed by atoms with Crippen molar-refractivity contribution < 1.29 is 14.3 Å². The van der Waals surface area contributed by atoms with Crippen LogP contribution in [0.5, 0.6) is 0 Å². The van der Waals surface area contributed by atoms with Gasteiger partial charge in [-0.1, -0.05) is 30.3 Å². The van der Waals surface area contributed by atoms with Gasteiger partial charge in [0, 0.05) is 25.7 Å². The highest BCUT2D eigenvalue weighted by atomic mass is 16.6. The molecule has 2 atom stereocenters. The second kappa shape index (κ2) is 7.11. The van der Waals surface area contributed by atoms with Gasteiger partial charge in [-0.15, -0.1) is 0 Å². The molecule has 0 radical (unpaired) electrons. The van der Waals surface area contributed by atoms with Crippen molar-refractivity contribution in [3.05, 3.63) is 35.9 Å². The van der Waals surface area contributed by atoms with Gasteiger partial charge in [-0.25, -0.2) is 4.79 Å². The number of hydrogen-bond acceptors (Lipinski definition) is 4. The molecule has 2 saturated heterocycles. The summed E-state index contributed by atoms with van der Waals surface area (Å²) in [5.74, 6) is 0. The van der Waals surface area contributed by atoms with Crippen LogP contribution in [-0.4, -0.2) is 59.9 Å². The number of piperidine rings is 1. The molecule has 1 aromatic rings. The first-order chi connectivity index (χ1) is 11.4. The van der Waals surface area contributed by atoms with Crippen molar-refractivity contribution >= 4 is 6.09 Å². The number of likely N-dealkylation sites (tertiary alicyclic amines) is 1. The lowest BCUT2D eigenvalue weighted by Gasteiger charge is -2.46. The van der Waals surface area contributed by atoms with Crippen molar-refractivity contribution in [1.29, 1.82) is 0 Å². The quantitative estimate of drug-likeness (QED) is 0.835. The highest BCUT2D eigenvalue weighted by Gasteiger charge is 2.39. The van der Waals surface area contributed by atoms with Crippen LogP contribution < -0.4 is 0 Å². The van der Waals surface area contributed by atoms with E-state index in [1.165, 1.54) is 5.56 Å². The summed E-state index contributed by atoms with van der Waals surface area (Å²) in [6.45, 7) is 9.65. The molecule has 24 heavy (non-hydrogen) atoms. The average Bonchev–Trinajstić information content (AvgIpc) is 2.54. The minimum absolute atomic E-state index is 0.0729. The van der Waals surface area contributed by atoms with Crippen molar-refractivity contribution in [2.75, 3.05) is 26.2 Å². The van der Waals surface area contributed by atoms with E-state index < -0.39 is 5.60 Å². The standard InChI is InChI=1S/C19H28N2O3/c1-19(2,3)24-18(22)21-10-9-16-17(14-21)23-12-11-20(16)13-15-7-5-4-6-8-15/h4-8,16-17H,9-14H2,1-3H3. The molecule has 1 aromatic carbocycles. The summed E-state index contributed by atoms with van der Waals surface area (Å²) >= 11 is 0. The Morgan fingerprint density at radius 2 is 2.00 bits per heavy atom. The predicted molar refractivity (Wildman–Crippen MR) is 92.8 cm³/mol. The van der Waals surface area contributed by atoms with Crippen LogP contribution in [0.15, 0.2) is 30.3 Å². The van der Waals surface area contributed by atoms with Gasteiger partial charge in [-0.05, 0) is 32.8 Å². The van der Waals surface area contributed by atoms with E-state index in [-0.39, 0.29) is 12.2 Å². The molecule has 2 fully saturated rings. The molecule has 0 bridgehead atoms. The van der Waals surface area contributed by atoms with Crippen LogP contribution in [0.1, 0.15) is 32.8 Å². The van der Waals surface area contributed by atoms with Crippen LogP contribution in [0.25, 0.3) is 0 Å². The Labute approximate surface area is 144 Å². The summed E-state index contributed by atoms with van der Waals surface area (Å²) in [4.78, 5) is 16.6. The molecule has 1 amide bonds. The highest BCUT2D eigenvalue weighted by Crippen LogP contribution is 2.26. The number of carbonyl (C=O) groups excluding carboxylic acids is 1. The van der Waals surface area contributed by atoms with Crippen molar-refractivity contribution in [2.45, 2.75) is 51.5 Å². The van der Waals surface area contributed by atoms with Crippen LogP contribution in [0, 0.1) is 0 Å². The molecule has 2 unspecified atom stereocenters. The summed E-state index contributed by atoms with van der Waals surface area (Å²) in [5, 5.41) is 0. The second-order valence-corrected chi connectivity index (χ2v) is 7.65. The van der Waals surface area contributed by atoms with Crippen molar-refractivity contribution in [3.63, 3.8) is 0 Å². The average molecular weight is 332 g/mol. The minimum atomic E-state index is -0.458. The molecule has 0 N–H and O–H groups in total. The molecule has 0 spiro atoms. The van der Waals surface area contributed by atoms with Gasteiger partial charge in [0.2, 0.25) is 0 Å². The Hall–Kier alpha value is -1.59. The third-order valence-corrected chi connectivity index (χ3v) is 4.58. The molecule has 5 nitrogen and oxygen atoms in total. The van der Waals surface area contributed by atoms with E-state index in [2.05, 4.69) is 29.2 Å². The molecular weight excluding hydrogens is 304 g/mol. The summed E-state index contributed by atoms with van der Waals surface area (Å²) in [6, 6.07) is 10.9. The van der Waals surface area contributed by atoms with Gasteiger partial charge >= 0.3 is 6.09 Å². The Morgan fingerprint density at radius 3 is 2.71 bits per heavy atom. The number of morpholine rings is 1. The van der Waals surface area contributed by atoms with E-state index in [0.29, 0.717) is 12.6 Å². The van der Waals surface area contributed by atoms with Crippen LogP contribution in [-0.2, 0) is 16.0 Å². The summed E-state index contributed by atoms with van der Waals surface area (Å²) in [5.41, 5.74) is 0.869. The number of ether oxygens (including phenoxy) is 2. The van der Waals surface area contributed by atoms with E-state index in [4.69, 9.17) is 9.47 Å². The fourth-order valence-corrected chi connectivity index (χ4v) is 3.48. The molecule has 5 heteroatoms. The number of nitrogens with zero attached hydrogens (tertiary/aromatic N) is 2. The number of hydrogen-bond donors (Lipinski definition) is 0. The monoisotopic (exact) mass is 332 g/mol. The smallest absolute Gasteiger partial charge is 0.410 e. The summed E-state index contributed by atoms with van der Waals surface area (Å²) in [6.07, 6.45) is 0.768. The first-order valence-corrected chi connectivity index (χ1v) is 8.80. The molecule has 0 aromatic heterocycles. The van der Waals surface area contributed by atoms with Gasteiger partial charge in [0.05, 0.1) is 19.3 Å². The molecule has 132 valence electrons. The Balaban J connectivity index is 1.60. The molecule has 2 aliphatic heterocycles. The van der Waals surface area contributed by atoms with Gasteiger partial charge in [0.25, 0.3) is 0 Å². The normalized spacial score (nSPS) is 25.2. The maximum Gasteiger partial charge on any atom is 0.410 e. The van der Waals surface area contributed by atoms with E-state index in [1.54, 1.807) is 4.90 Å². The highest BCUT2D eigenvalue weighted by molar-refractivity contribution is 5.68. The Kier molecular flexibility index (Phi) is 5.11. The predicted octanol–water partition coefficient (Wildman–Crippen LogP) is 2.90. The minimum Gasteiger partial charge on any atom is -0.444 e. The topological polar surface area (TPSA) is 42.0 Å². The number of carbonyl (C=O) groups is 1. The van der Waals surface area contributed by atoms with E-state index in [0.717, 1.165) is 32.7 Å². The summed E-state index contributed by atoms with van der Waals surface area (Å²) < 4.78 is 11.5. The first-order valence-electron chi connectivity index (χ1n) is 8.80. The van der Waals surface area contributed by atoms with Gasteiger partial charge in [-0.3, -0.25) is 4.90 Å². The third-order valence-electron chi connectivity index (χ3n) is 4.58. The first kappa shape index (κ1) is 17.2. The number of amides is 1. The number of rotatable bonds is 2. The van der Waals surface area contributed by atoms with E-state index >= 15 is 0 Å². The zero-order valence-electron chi connectivity index (χ0n) is 14.9. The van der Waals surface area contributed by atoms with Gasteiger partial charge < -0.3 is 14.4 Å². The fourth-order valence-electron chi connectivity index (χ4n) is 3.48. The zero-order chi connectivity index (χ0) is 17.2. The fraction of sp³-hybridized carbons (Fsp3) is 0.632. The molecule has 0 aliphatic carbocycles. The molecule has 3 rings (SSSR count). The third kappa shape index (κ3) is 4.28. The van der Waals surface area contributed by atoms with Crippen molar-refractivity contribution in [1.82, 2.24) is 9.80 Å². The van der Waals surface area contributed by atoms with Crippen LogP contribution in [0.2, 0.25) is 0 Å². The van der Waals surface area contributed by atoms with Gasteiger partial charge in [0.15, 0.2) is 0 Å². The van der Waals surface area contributed by atoms with Crippen LogP contribution >= 0.6 is 0 Å². The lowest BCUT2D eigenvalue weighted by Crippen LogP contribution is -2.60. The molecule has 2 heterocycles.